The Kier molecular flexibility index (Phi) is 4.31. The maximum absolute atomic E-state index is 12.0. The summed E-state index contributed by atoms with van der Waals surface area (Å²) in [6.07, 6.45) is 2.41. The van der Waals surface area contributed by atoms with Crippen LogP contribution in [0.5, 0.6) is 0 Å². The Balaban J connectivity index is 1.88. The third kappa shape index (κ3) is 3.07. The molecule has 0 spiro atoms. The fourth-order valence-electron chi connectivity index (χ4n) is 2.51. The number of carbonyl (C=O) groups is 1. The summed E-state index contributed by atoms with van der Waals surface area (Å²) in [5.41, 5.74) is 1.38. The predicted molar refractivity (Wildman–Crippen MR) is 71.6 cm³/mol. The first kappa shape index (κ1) is 13.0. The third-order valence-corrected chi connectivity index (χ3v) is 3.52. The molecular formula is C14H21N3O. The SMILES string of the molecule is CCN1CCC[C@H]1CNC(=O)c1cccc(C)n1. The summed E-state index contributed by atoms with van der Waals surface area (Å²) < 4.78 is 0. The lowest BCUT2D eigenvalue weighted by molar-refractivity contribution is 0.0936. The van der Waals surface area contributed by atoms with E-state index in [4.69, 9.17) is 0 Å². The fraction of sp³-hybridized carbons (Fsp3) is 0.571. The quantitative estimate of drug-likeness (QED) is 0.879. The van der Waals surface area contributed by atoms with Gasteiger partial charge in [-0.25, -0.2) is 4.98 Å². The second-order valence-electron chi connectivity index (χ2n) is 4.80. The van der Waals surface area contributed by atoms with Crippen LogP contribution < -0.4 is 5.32 Å². The summed E-state index contributed by atoms with van der Waals surface area (Å²) in [6.45, 7) is 7.00. The number of likely N-dealkylation sites (tertiary alicyclic amines) is 1. The van der Waals surface area contributed by atoms with E-state index >= 15 is 0 Å². The number of rotatable bonds is 4. The molecule has 98 valence electrons. The number of carbonyl (C=O) groups excluding carboxylic acids is 1. The number of hydrogen-bond donors (Lipinski definition) is 1. The molecule has 1 fully saturated rings. The van der Waals surface area contributed by atoms with Crippen molar-refractivity contribution in [2.75, 3.05) is 19.6 Å². The van der Waals surface area contributed by atoms with Crippen molar-refractivity contribution in [2.24, 2.45) is 0 Å². The second-order valence-corrected chi connectivity index (χ2v) is 4.80. The molecule has 1 aromatic heterocycles. The van der Waals surface area contributed by atoms with Gasteiger partial charge in [-0.1, -0.05) is 13.0 Å². The molecule has 0 bridgehead atoms. The molecule has 0 saturated carbocycles. The molecule has 2 rings (SSSR count). The van der Waals surface area contributed by atoms with E-state index in [0.29, 0.717) is 11.7 Å². The first-order valence-electron chi connectivity index (χ1n) is 6.66. The van der Waals surface area contributed by atoms with Gasteiger partial charge in [0.25, 0.3) is 5.91 Å². The van der Waals surface area contributed by atoms with Crippen molar-refractivity contribution < 1.29 is 4.79 Å². The van der Waals surface area contributed by atoms with Gasteiger partial charge >= 0.3 is 0 Å². The average Bonchev–Trinajstić information content (AvgIpc) is 2.83. The predicted octanol–water partition coefficient (Wildman–Crippen LogP) is 1.60. The molecule has 18 heavy (non-hydrogen) atoms. The number of likely N-dealkylation sites (N-methyl/N-ethyl adjacent to an activating group) is 1. The summed E-state index contributed by atoms with van der Waals surface area (Å²) in [5, 5.41) is 2.99. The zero-order chi connectivity index (χ0) is 13.0. The minimum Gasteiger partial charge on any atom is -0.349 e. The Hall–Kier alpha value is -1.42. The number of hydrogen-bond acceptors (Lipinski definition) is 3. The van der Waals surface area contributed by atoms with Crippen LogP contribution >= 0.6 is 0 Å². The van der Waals surface area contributed by atoms with Crippen LogP contribution in [0.4, 0.5) is 0 Å². The van der Waals surface area contributed by atoms with Crippen LogP contribution in [0.3, 0.4) is 0 Å². The molecule has 1 N–H and O–H groups in total. The van der Waals surface area contributed by atoms with Crippen LogP contribution in [0.25, 0.3) is 0 Å². The molecule has 1 saturated heterocycles. The molecule has 1 atom stereocenters. The molecule has 1 aliphatic rings. The second kappa shape index (κ2) is 5.96. The van der Waals surface area contributed by atoms with Gasteiger partial charge in [-0.15, -0.1) is 0 Å². The fourth-order valence-corrected chi connectivity index (χ4v) is 2.51. The van der Waals surface area contributed by atoms with Crippen molar-refractivity contribution in [3.8, 4) is 0 Å². The van der Waals surface area contributed by atoms with Crippen LogP contribution in [-0.2, 0) is 0 Å². The van der Waals surface area contributed by atoms with Gasteiger partial charge in [0.1, 0.15) is 5.69 Å². The van der Waals surface area contributed by atoms with Crippen molar-refractivity contribution >= 4 is 5.91 Å². The van der Waals surface area contributed by atoms with Gasteiger partial charge < -0.3 is 5.32 Å². The normalized spacial score (nSPS) is 20.0. The summed E-state index contributed by atoms with van der Waals surface area (Å²) >= 11 is 0. The molecule has 1 aliphatic heterocycles. The van der Waals surface area contributed by atoms with Gasteiger partial charge in [0, 0.05) is 18.3 Å². The third-order valence-electron chi connectivity index (χ3n) is 3.52. The van der Waals surface area contributed by atoms with E-state index in [1.165, 1.54) is 12.8 Å². The number of aromatic nitrogens is 1. The highest BCUT2D eigenvalue weighted by atomic mass is 16.1. The molecule has 0 aromatic carbocycles. The summed E-state index contributed by atoms with van der Waals surface area (Å²) in [5.74, 6) is -0.0679. The zero-order valence-corrected chi connectivity index (χ0v) is 11.1. The van der Waals surface area contributed by atoms with E-state index in [1.807, 2.05) is 19.1 Å². The molecule has 0 unspecified atom stereocenters. The average molecular weight is 247 g/mol. The smallest absolute Gasteiger partial charge is 0.269 e. The van der Waals surface area contributed by atoms with Crippen molar-refractivity contribution in [1.82, 2.24) is 15.2 Å². The lowest BCUT2D eigenvalue weighted by Gasteiger charge is -2.22. The topological polar surface area (TPSA) is 45.2 Å². The van der Waals surface area contributed by atoms with Crippen LogP contribution in [-0.4, -0.2) is 41.5 Å². The Morgan fingerprint density at radius 1 is 1.56 bits per heavy atom. The zero-order valence-electron chi connectivity index (χ0n) is 11.1. The highest BCUT2D eigenvalue weighted by molar-refractivity contribution is 5.92. The van der Waals surface area contributed by atoms with E-state index in [9.17, 15) is 4.79 Å². The lowest BCUT2D eigenvalue weighted by atomic mass is 10.2. The van der Waals surface area contributed by atoms with Gasteiger partial charge in [0.2, 0.25) is 0 Å². The Bertz CT molecular complexity index is 419. The largest absolute Gasteiger partial charge is 0.349 e. The van der Waals surface area contributed by atoms with Crippen molar-refractivity contribution in [3.05, 3.63) is 29.6 Å². The standard InChI is InChI=1S/C14H21N3O/c1-3-17-9-5-7-12(17)10-15-14(18)13-8-4-6-11(2)16-13/h4,6,8,12H,3,5,7,9-10H2,1-2H3,(H,15,18)/t12-/m0/s1. The van der Waals surface area contributed by atoms with Crippen molar-refractivity contribution in [1.29, 1.82) is 0 Å². The molecular weight excluding hydrogens is 226 g/mol. The molecule has 4 nitrogen and oxygen atoms in total. The number of aryl methyl sites for hydroxylation is 1. The molecule has 1 aromatic rings. The Labute approximate surface area is 108 Å². The first-order chi connectivity index (χ1) is 8.70. The number of nitrogens with one attached hydrogen (secondary N) is 1. The van der Waals surface area contributed by atoms with E-state index in [0.717, 1.165) is 25.3 Å². The van der Waals surface area contributed by atoms with E-state index < -0.39 is 0 Å². The van der Waals surface area contributed by atoms with Crippen LogP contribution in [0.15, 0.2) is 18.2 Å². The molecule has 0 aliphatic carbocycles. The van der Waals surface area contributed by atoms with Gasteiger partial charge in [-0.3, -0.25) is 9.69 Å². The molecule has 1 amide bonds. The number of nitrogens with zero attached hydrogens (tertiary/aromatic N) is 2. The molecule has 2 heterocycles. The van der Waals surface area contributed by atoms with E-state index in [2.05, 4.69) is 22.1 Å². The maximum Gasteiger partial charge on any atom is 0.269 e. The Morgan fingerprint density at radius 3 is 3.11 bits per heavy atom. The van der Waals surface area contributed by atoms with E-state index in [1.54, 1.807) is 6.07 Å². The highest BCUT2D eigenvalue weighted by Crippen LogP contribution is 2.15. The summed E-state index contributed by atoms with van der Waals surface area (Å²) in [4.78, 5) is 18.6. The molecule has 0 radical (unpaired) electrons. The highest BCUT2D eigenvalue weighted by Gasteiger charge is 2.23. The first-order valence-corrected chi connectivity index (χ1v) is 6.66. The number of pyridine rings is 1. The summed E-state index contributed by atoms with van der Waals surface area (Å²) in [6, 6.07) is 6.01. The van der Waals surface area contributed by atoms with E-state index in [-0.39, 0.29) is 5.91 Å². The molecule has 4 heteroatoms. The van der Waals surface area contributed by atoms with Crippen molar-refractivity contribution in [2.45, 2.75) is 32.7 Å². The van der Waals surface area contributed by atoms with Gasteiger partial charge in [-0.05, 0) is 45.0 Å². The van der Waals surface area contributed by atoms with Crippen LogP contribution in [0.2, 0.25) is 0 Å². The minimum absolute atomic E-state index is 0.0679. The number of amides is 1. The monoisotopic (exact) mass is 247 g/mol. The van der Waals surface area contributed by atoms with Crippen LogP contribution in [0.1, 0.15) is 35.9 Å². The van der Waals surface area contributed by atoms with Gasteiger partial charge in [0.05, 0.1) is 0 Å². The lowest BCUT2D eigenvalue weighted by Crippen LogP contribution is -2.40. The summed E-state index contributed by atoms with van der Waals surface area (Å²) in [7, 11) is 0. The minimum atomic E-state index is -0.0679. The van der Waals surface area contributed by atoms with Crippen LogP contribution in [0, 0.1) is 6.92 Å². The van der Waals surface area contributed by atoms with Gasteiger partial charge in [-0.2, -0.15) is 0 Å². The van der Waals surface area contributed by atoms with Crippen molar-refractivity contribution in [3.63, 3.8) is 0 Å². The van der Waals surface area contributed by atoms with Gasteiger partial charge in [0.15, 0.2) is 0 Å². The Morgan fingerprint density at radius 2 is 2.39 bits per heavy atom. The maximum atomic E-state index is 12.0.